The van der Waals surface area contributed by atoms with Crippen LogP contribution in [0.1, 0.15) is 15.2 Å². The summed E-state index contributed by atoms with van der Waals surface area (Å²) < 4.78 is 5.41. The van der Waals surface area contributed by atoms with Crippen molar-refractivity contribution in [2.24, 2.45) is 5.73 Å². The molecule has 1 amide bonds. The van der Waals surface area contributed by atoms with E-state index < -0.39 is 5.91 Å². The van der Waals surface area contributed by atoms with Crippen molar-refractivity contribution in [3.8, 4) is 10.6 Å². The van der Waals surface area contributed by atoms with Crippen LogP contribution in [0.15, 0.2) is 48.7 Å². The first-order chi connectivity index (χ1) is 13.7. The number of thiophene rings is 1. The van der Waals surface area contributed by atoms with Gasteiger partial charge < -0.3 is 15.8 Å². The van der Waals surface area contributed by atoms with Gasteiger partial charge in [0.2, 0.25) is 5.95 Å². The van der Waals surface area contributed by atoms with E-state index in [1.165, 1.54) is 16.9 Å². The normalized spacial score (nSPS) is 14.7. The molecule has 1 saturated heterocycles. The number of amides is 1. The van der Waals surface area contributed by atoms with E-state index in [-0.39, 0.29) is 0 Å². The molecule has 3 N–H and O–H groups in total. The number of carbonyl (C=O) groups excluding carboxylic acids is 1. The molecule has 28 heavy (non-hydrogen) atoms. The first-order valence-electron chi connectivity index (χ1n) is 9.06. The molecule has 8 heteroatoms. The summed E-state index contributed by atoms with van der Waals surface area (Å²) in [5.41, 5.74) is 8.25. The maximum Gasteiger partial charge on any atom is 0.258 e. The van der Waals surface area contributed by atoms with Crippen molar-refractivity contribution in [1.29, 1.82) is 0 Å². The summed E-state index contributed by atoms with van der Waals surface area (Å²) >= 11 is 1.32. The molecule has 1 fully saturated rings. The Hall–Kier alpha value is -2.81. The third kappa shape index (κ3) is 4.53. The van der Waals surface area contributed by atoms with Gasteiger partial charge in [0.15, 0.2) is 0 Å². The summed E-state index contributed by atoms with van der Waals surface area (Å²) in [5, 5.41) is 3.27. The van der Waals surface area contributed by atoms with Crippen LogP contribution in [-0.2, 0) is 11.3 Å². The summed E-state index contributed by atoms with van der Waals surface area (Å²) in [6.45, 7) is 4.39. The number of hydrogen-bond donors (Lipinski definition) is 2. The van der Waals surface area contributed by atoms with Gasteiger partial charge in [-0.3, -0.25) is 9.69 Å². The van der Waals surface area contributed by atoms with E-state index in [4.69, 9.17) is 10.5 Å². The number of anilines is 2. The summed E-state index contributed by atoms with van der Waals surface area (Å²) in [7, 11) is 0. The van der Waals surface area contributed by atoms with E-state index in [2.05, 4.69) is 32.3 Å². The van der Waals surface area contributed by atoms with Gasteiger partial charge in [-0.05, 0) is 35.9 Å². The first kappa shape index (κ1) is 18.5. The first-order valence-corrected chi connectivity index (χ1v) is 9.88. The van der Waals surface area contributed by atoms with Gasteiger partial charge >= 0.3 is 0 Å². The van der Waals surface area contributed by atoms with Crippen LogP contribution in [0, 0.1) is 0 Å². The second kappa shape index (κ2) is 8.47. The molecule has 1 aliphatic heterocycles. The number of hydrogen-bond acceptors (Lipinski definition) is 7. The molecule has 1 aliphatic rings. The van der Waals surface area contributed by atoms with Gasteiger partial charge in [0, 0.05) is 31.5 Å². The van der Waals surface area contributed by atoms with Crippen LogP contribution < -0.4 is 11.1 Å². The molecule has 0 radical (unpaired) electrons. The Balaban J connectivity index is 1.48. The second-order valence-corrected chi connectivity index (χ2v) is 7.59. The molecule has 0 saturated carbocycles. The van der Waals surface area contributed by atoms with Crippen LogP contribution >= 0.6 is 11.3 Å². The minimum atomic E-state index is -0.430. The molecule has 144 valence electrons. The number of ether oxygens (including phenoxy) is 1. The second-order valence-electron chi connectivity index (χ2n) is 6.51. The van der Waals surface area contributed by atoms with Crippen molar-refractivity contribution >= 4 is 28.9 Å². The number of nitrogens with one attached hydrogen (secondary N) is 1. The molecular weight excluding hydrogens is 374 g/mol. The predicted molar refractivity (Wildman–Crippen MR) is 110 cm³/mol. The third-order valence-corrected chi connectivity index (χ3v) is 5.57. The average molecular weight is 395 g/mol. The smallest absolute Gasteiger partial charge is 0.258 e. The molecule has 3 heterocycles. The zero-order valence-corrected chi connectivity index (χ0v) is 16.1. The van der Waals surface area contributed by atoms with Crippen LogP contribution in [0.2, 0.25) is 0 Å². The highest BCUT2D eigenvalue weighted by Crippen LogP contribution is 2.27. The Labute approximate surface area is 167 Å². The number of primary amides is 1. The van der Waals surface area contributed by atoms with Gasteiger partial charge in [0.25, 0.3) is 5.91 Å². The molecule has 0 atom stereocenters. The Morgan fingerprint density at radius 3 is 2.86 bits per heavy atom. The van der Waals surface area contributed by atoms with Crippen LogP contribution in [0.4, 0.5) is 11.6 Å². The fraction of sp³-hybridized carbons (Fsp3) is 0.250. The highest BCUT2D eigenvalue weighted by molar-refractivity contribution is 7.17. The highest BCUT2D eigenvalue weighted by atomic mass is 32.1. The number of nitrogens with two attached hydrogens (primary N) is 1. The number of aromatic nitrogens is 2. The van der Waals surface area contributed by atoms with E-state index in [0.29, 0.717) is 10.8 Å². The van der Waals surface area contributed by atoms with Gasteiger partial charge in [0.1, 0.15) is 0 Å². The molecule has 2 aromatic heterocycles. The number of benzene rings is 1. The van der Waals surface area contributed by atoms with Gasteiger partial charge in [-0.15, -0.1) is 11.3 Å². The lowest BCUT2D eigenvalue weighted by atomic mass is 10.2. The van der Waals surface area contributed by atoms with Gasteiger partial charge in [-0.1, -0.05) is 12.1 Å². The number of nitrogens with zero attached hydrogens (tertiary/aromatic N) is 3. The van der Waals surface area contributed by atoms with Crippen molar-refractivity contribution in [1.82, 2.24) is 14.9 Å². The Morgan fingerprint density at radius 2 is 2.07 bits per heavy atom. The van der Waals surface area contributed by atoms with E-state index in [1.807, 2.05) is 24.3 Å². The SMILES string of the molecule is NC(=O)c1ccc(-c2ccnc(Nc3cccc(CN4CCOCC4)c3)n2)s1. The minimum Gasteiger partial charge on any atom is -0.379 e. The molecule has 0 unspecified atom stereocenters. The fourth-order valence-corrected chi connectivity index (χ4v) is 3.89. The Morgan fingerprint density at radius 1 is 1.21 bits per heavy atom. The molecule has 3 aromatic rings. The lowest BCUT2D eigenvalue weighted by molar-refractivity contribution is 0.0342. The molecule has 7 nitrogen and oxygen atoms in total. The van der Waals surface area contributed by atoms with E-state index in [1.54, 1.807) is 12.3 Å². The maximum atomic E-state index is 11.3. The molecule has 0 spiro atoms. The molecule has 0 bridgehead atoms. The zero-order chi connectivity index (χ0) is 19.3. The van der Waals surface area contributed by atoms with Gasteiger partial charge in [-0.2, -0.15) is 0 Å². The Kier molecular flexibility index (Phi) is 5.61. The number of morpholine rings is 1. The summed E-state index contributed by atoms with van der Waals surface area (Å²) in [6.07, 6.45) is 1.70. The highest BCUT2D eigenvalue weighted by Gasteiger charge is 2.12. The number of carbonyl (C=O) groups is 1. The van der Waals surface area contributed by atoms with E-state index in [9.17, 15) is 4.79 Å². The van der Waals surface area contributed by atoms with E-state index >= 15 is 0 Å². The quantitative estimate of drug-likeness (QED) is 0.667. The van der Waals surface area contributed by atoms with Crippen LogP contribution in [0.3, 0.4) is 0 Å². The fourth-order valence-electron chi connectivity index (χ4n) is 3.06. The van der Waals surface area contributed by atoms with Crippen molar-refractivity contribution in [3.63, 3.8) is 0 Å². The summed E-state index contributed by atoms with van der Waals surface area (Å²) in [5.74, 6) is 0.0794. The van der Waals surface area contributed by atoms with Crippen LogP contribution in [0.5, 0.6) is 0 Å². The van der Waals surface area contributed by atoms with Crippen molar-refractivity contribution in [2.75, 3.05) is 31.6 Å². The van der Waals surface area contributed by atoms with Crippen molar-refractivity contribution < 1.29 is 9.53 Å². The van der Waals surface area contributed by atoms with E-state index in [0.717, 1.165) is 49.1 Å². The molecular formula is C20H21N5O2S. The lowest BCUT2D eigenvalue weighted by Crippen LogP contribution is -2.35. The monoisotopic (exact) mass is 395 g/mol. The third-order valence-electron chi connectivity index (χ3n) is 4.45. The molecule has 1 aromatic carbocycles. The zero-order valence-electron chi connectivity index (χ0n) is 15.3. The average Bonchev–Trinajstić information content (AvgIpc) is 3.20. The minimum absolute atomic E-state index is 0.430. The lowest BCUT2D eigenvalue weighted by Gasteiger charge is -2.26. The van der Waals surface area contributed by atoms with Crippen molar-refractivity contribution in [2.45, 2.75) is 6.54 Å². The van der Waals surface area contributed by atoms with Gasteiger partial charge in [0.05, 0.1) is 28.7 Å². The van der Waals surface area contributed by atoms with Crippen molar-refractivity contribution in [3.05, 3.63) is 59.1 Å². The van der Waals surface area contributed by atoms with Gasteiger partial charge in [-0.25, -0.2) is 9.97 Å². The maximum absolute atomic E-state index is 11.3. The predicted octanol–water partition coefficient (Wildman–Crippen LogP) is 2.88. The largest absolute Gasteiger partial charge is 0.379 e. The summed E-state index contributed by atoms with van der Waals surface area (Å²) in [6, 6.07) is 13.6. The standard InChI is InChI=1S/C20H21N5O2S/c21-19(26)18-5-4-17(28-18)16-6-7-22-20(24-16)23-15-3-1-2-14(12-15)13-25-8-10-27-11-9-25/h1-7,12H,8-11,13H2,(H2,21,26)(H,22,23,24). The molecule has 0 aliphatic carbocycles. The Bertz CT molecular complexity index is 968. The molecule has 4 rings (SSSR count). The van der Waals surface area contributed by atoms with Crippen LogP contribution in [-0.4, -0.2) is 47.1 Å². The van der Waals surface area contributed by atoms with Crippen LogP contribution in [0.25, 0.3) is 10.6 Å². The summed E-state index contributed by atoms with van der Waals surface area (Å²) in [4.78, 5) is 24.0. The topological polar surface area (TPSA) is 93.4 Å². The number of rotatable bonds is 6.